The number of aryl methyl sites for hydroxylation is 1. The van der Waals surface area contributed by atoms with Gasteiger partial charge in [0.25, 0.3) is 11.8 Å². The van der Waals surface area contributed by atoms with Crippen LogP contribution in [0.15, 0.2) is 60.7 Å². The Hall–Kier alpha value is -3.58. The predicted molar refractivity (Wildman–Crippen MR) is 119 cm³/mol. The van der Waals surface area contributed by atoms with Gasteiger partial charge in [-0.05, 0) is 56.3 Å². The molecule has 8 heteroatoms. The summed E-state index contributed by atoms with van der Waals surface area (Å²) < 4.78 is 1.98. The third-order valence-corrected chi connectivity index (χ3v) is 5.00. The summed E-state index contributed by atoms with van der Waals surface area (Å²) >= 11 is 5.80. The smallest absolute Gasteiger partial charge is 0.271 e. The fraction of sp³-hybridized carbons (Fsp3) is 0.174. The fourth-order valence-corrected chi connectivity index (χ4v) is 3.34. The van der Waals surface area contributed by atoms with Crippen molar-refractivity contribution in [2.24, 2.45) is 0 Å². The minimum atomic E-state index is -0.415. The van der Waals surface area contributed by atoms with E-state index in [9.17, 15) is 14.4 Å². The highest BCUT2D eigenvalue weighted by Crippen LogP contribution is 2.20. The summed E-state index contributed by atoms with van der Waals surface area (Å²) in [5.74, 6) is -1.13. The van der Waals surface area contributed by atoms with Gasteiger partial charge in [-0.1, -0.05) is 29.8 Å². The molecule has 3 rings (SSSR count). The molecule has 0 atom stereocenters. The number of carbonyl (C=O) groups excluding carboxylic acids is 3. The van der Waals surface area contributed by atoms with Gasteiger partial charge in [-0.25, -0.2) is 0 Å². The van der Waals surface area contributed by atoms with Gasteiger partial charge in [0.2, 0.25) is 5.91 Å². The molecule has 3 N–H and O–H groups in total. The second kappa shape index (κ2) is 9.95. The zero-order chi connectivity index (χ0) is 22.4. The van der Waals surface area contributed by atoms with E-state index in [1.165, 1.54) is 0 Å². The molecule has 7 nitrogen and oxygen atoms in total. The summed E-state index contributed by atoms with van der Waals surface area (Å²) in [7, 11) is 0. The molecular weight excluding hydrogens is 416 g/mol. The Balaban J connectivity index is 1.50. The Labute approximate surface area is 185 Å². The third-order valence-electron chi connectivity index (χ3n) is 4.75. The van der Waals surface area contributed by atoms with E-state index < -0.39 is 11.8 Å². The number of rotatable bonds is 6. The van der Waals surface area contributed by atoms with E-state index in [4.69, 9.17) is 11.6 Å². The molecule has 1 heterocycles. The predicted octanol–water partition coefficient (Wildman–Crippen LogP) is 3.33. The minimum Gasteiger partial charge on any atom is -0.352 e. The molecule has 0 saturated heterocycles. The molecule has 0 fully saturated rings. The minimum absolute atomic E-state index is 0.0165. The van der Waals surface area contributed by atoms with Crippen molar-refractivity contribution in [3.8, 4) is 5.69 Å². The summed E-state index contributed by atoms with van der Waals surface area (Å²) in [6, 6.07) is 17.9. The average Bonchev–Trinajstić information content (AvgIpc) is 3.07. The van der Waals surface area contributed by atoms with Crippen LogP contribution < -0.4 is 16.2 Å². The van der Waals surface area contributed by atoms with E-state index >= 15 is 0 Å². The van der Waals surface area contributed by atoms with Crippen LogP contribution in [0.5, 0.6) is 0 Å². The van der Waals surface area contributed by atoms with Gasteiger partial charge >= 0.3 is 0 Å². The number of halogens is 1. The normalized spacial score (nSPS) is 10.4. The van der Waals surface area contributed by atoms with Gasteiger partial charge in [0.1, 0.15) is 0 Å². The number of hydrogen-bond acceptors (Lipinski definition) is 3. The molecule has 31 heavy (non-hydrogen) atoms. The van der Waals surface area contributed by atoms with E-state index in [0.717, 1.165) is 17.1 Å². The third kappa shape index (κ3) is 5.52. The van der Waals surface area contributed by atoms with Crippen LogP contribution in [-0.2, 0) is 4.79 Å². The van der Waals surface area contributed by atoms with Crippen LogP contribution in [-0.4, -0.2) is 28.8 Å². The van der Waals surface area contributed by atoms with Gasteiger partial charge in [0.15, 0.2) is 0 Å². The van der Waals surface area contributed by atoms with E-state index in [1.807, 2.05) is 48.7 Å². The van der Waals surface area contributed by atoms with Gasteiger partial charge in [-0.3, -0.25) is 25.2 Å². The number of nitrogens with zero attached hydrogens (tertiary/aromatic N) is 1. The van der Waals surface area contributed by atoms with E-state index in [-0.39, 0.29) is 18.9 Å². The first-order valence-corrected chi connectivity index (χ1v) is 10.1. The van der Waals surface area contributed by atoms with Crippen LogP contribution in [0, 0.1) is 13.8 Å². The summed E-state index contributed by atoms with van der Waals surface area (Å²) in [5.41, 5.74) is 8.36. The average molecular weight is 439 g/mol. The largest absolute Gasteiger partial charge is 0.352 e. The summed E-state index contributed by atoms with van der Waals surface area (Å²) in [6.07, 6.45) is 0.0165. The number of amides is 3. The molecule has 0 unspecified atom stereocenters. The first kappa shape index (κ1) is 22.1. The second-order valence-corrected chi connectivity index (χ2v) is 7.41. The quantitative estimate of drug-likeness (QED) is 0.515. The Morgan fingerprint density at radius 2 is 1.58 bits per heavy atom. The Morgan fingerprint density at radius 1 is 0.903 bits per heavy atom. The second-order valence-electron chi connectivity index (χ2n) is 6.97. The standard InChI is InChI=1S/C23H23ClN4O3/c1-15-14-20(16(2)28(15)19-6-4-3-5-7-19)23(31)27-26-21(29)12-13-25-22(30)17-8-10-18(24)11-9-17/h3-11,14H,12-13H2,1-2H3,(H,25,30)(H,26,29)(H,27,31). The van der Waals surface area contributed by atoms with Gasteiger partial charge < -0.3 is 9.88 Å². The maximum Gasteiger partial charge on any atom is 0.271 e. The number of hydrazine groups is 1. The molecular formula is C23H23ClN4O3. The van der Waals surface area contributed by atoms with Gasteiger partial charge in [0.05, 0.1) is 5.56 Å². The highest BCUT2D eigenvalue weighted by Gasteiger charge is 2.17. The summed E-state index contributed by atoms with van der Waals surface area (Å²) in [5, 5.41) is 3.19. The molecule has 0 saturated carbocycles. The van der Waals surface area contributed by atoms with Gasteiger partial charge in [0, 0.05) is 40.6 Å². The van der Waals surface area contributed by atoms with Gasteiger partial charge in [-0.15, -0.1) is 0 Å². The lowest BCUT2D eigenvalue weighted by molar-refractivity contribution is -0.121. The van der Waals surface area contributed by atoms with Crippen molar-refractivity contribution in [2.75, 3.05) is 6.54 Å². The first-order valence-electron chi connectivity index (χ1n) is 9.74. The topological polar surface area (TPSA) is 92.2 Å². The molecule has 160 valence electrons. The van der Waals surface area contributed by atoms with Crippen molar-refractivity contribution in [1.82, 2.24) is 20.7 Å². The molecule has 2 aromatic carbocycles. The number of aromatic nitrogens is 1. The van der Waals surface area contributed by atoms with Crippen molar-refractivity contribution < 1.29 is 14.4 Å². The summed E-state index contributed by atoms with van der Waals surface area (Å²) in [6.45, 7) is 3.90. The lowest BCUT2D eigenvalue weighted by Crippen LogP contribution is -2.43. The highest BCUT2D eigenvalue weighted by molar-refractivity contribution is 6.30. The molecule has 0 aliphatic rings. The molecule has 0 aliphatic carbocycles. The molecule has 0 aliphatic heterocycles. The SMILES string of the molecule is Cc1cc(C(=O)NNC(=O)CCNC(=O)c2ccc(Cl)cc2)c(C)n1-c1ccccc1. The number of nitrogens with one attached hydrogen (secondary N) is 3. The molecule has 0 spiro atoms. The fourth-order valence-electron chi connectivity index (χ4n) is 3.22. The van der Waals surface area contributed by atoms with Crippen molar-refractivity contribution in [3.63, 3.8) is 0 Å². The van der Waals surface area contributed by atoms with Crippen LogP contribution in [0.4, 0.5) is 0 Å². The van der Waals surface area contributed by atoms with E-state index in [0.29, 0.717) is 16.1 Å². The zero-order valence-electron chi connectivity index (χ0n) is 17.2. The number of hydrogen-bond donors (Lipinski definition) is 3. The molecule has 3 aromatic rings. The van der Waals surface area contributed by atoms with E-state index in [1.54, 1.807) is 30.3 Å². The van der Waals surface area contributed by atoms with Crippen molar-refractivity contribution in [2.45, 2.75) is 20.3 Å². The lowest BCUT2D eigenvalue weighted by Gasteiger charge is -2.10. The van der Waals surface area contributed by atoms with Crippen LogP contribution in [0.25, 0.3) is 5.69 Å². The zero-order valence-corrected chi connectivity index (χ0v) is 18.0. The van der Waals surface area contributed by atoms with Gasteiger partial charge in [-0.2, -0.15) is 0 Å². The highest BCUT2D eigenvalue weighted by atomic mass is 35.5. The molecule has 3 amide bonds. The lowest BCUT2D eigenvalue weighted by atomic mass is 10.2. The molecule has 0 radical (unpaired) electrons. The Bertz CT molecular complexity index is 1090. The van der Waals surface area contributed by atoms with Crippen molar-refractivity contribution >= 4 is 29.3 Å². The molecule has 0 bridgehead atoms. The van der Waals surface area contributed by atoms with Crippen LogP contribution in [0.1, 0.15) is 38.5 Å². The van der Waals surface area contributed by atoms with Crippen LogP contribution in [0.3, 0.4) is 0 Å². The maximum absolute atomic E-state index is 12.5. The van der Waals surface area contributed by atoms with Crippen LogP contribution >= 0.6 is 11.6 Å². The maximum atomic E-state index is 12.5. The first-order chi connectivity index (χ1) is 14.9. The number of benzene rings is 2. The summed E-state index contributed by atoms with van der Waals surface area (Å²) in [4.78, 5) is 36.6. The Morgan fingerprint density at radius 3 is 2.26 bits per heavy atom. The number of carbonyl (C=O) groups is 3. The van der Waals surface area contributed by atoms with E-state index in [2.05, 4.69) is 16.2 Å². The Kier molecular flexibility index (Phi) is 7.10. The van der Waals surface area contributed by atoms with Crippen molar-refractivity contribution in [3.05, 3.63) is 88.2 Å². The van der Waals surface area contributed by atoms with Crippen LogP contribution in [0.2, 0.25) is 5.02 Å². The molecule has 1 aromatic heterocycles. The van der Waals surface area contributed by atoms with Crippen molar-refractivity contribution in [1.29, 1.82) is 0 Å². The monoisotopic (exact) mass is 438 g/mol. The number of para-hydroxylation sites is 1.